The van der Waals surface area contributed by atoms with Crippen LogP contribution in [0.5, 0.6) is 0 Å². The van der Waals surface area contributed by atoms with E-state index in [-0.39, 0.29) is 0 Å². The number of nitrogens with zero attached hydrogens (tertiary/aromatic N) is 2. The summed E-state index contributed by atoms with van der Waals surface area (Å²) in [6.07, 6.45) is 7.93. The van der Waals surface area contributed by atoms with Gasteiger partial charge in [0.25, 0.3) is 0 Å². The number of rotatable bonds is 0. The minimum atomic E-state index is 0.995. The fraction of sp³-hybridized carbons (Fsp3) is 0.167. The SMILES string of the molecule is C1=CC2=[N+]C=CN2C1. The number of aliphatic imine (C=N–C) groups is 1. The Kier molecular flexibility index (Phi) is 0.592. The first-order valence-corrected chi connectivity index (χ1v) is 2.64. The molecule has 0 bridgehead atoms. The molecule has 0 aromatic carbocycles. The van der Waals surface area contributed by atoms with Crippen molar-refractivity contribution in [1.82, 2.24) is 9.89 Å². The van der Waals surface area contributed by atoms with Crippen LogP contribution in [0.25, 0.3) is 0 Å². The van der Waals surface area contributed by atoms with E-state index in [9.17, 15) is 0 Å². The smallest absolute Gasteiger partial charge is 0.224 e. The van der Waals surface area contributed by atoms with E-state index in [0.717, 1.165) is 12.4 Å². The molecular formula is C6H6N2+. The average Bonchev–Trinajstić information content (AvgIpc) is 2.15. The first-order valence-electron chi connectivity index (χ1n) is 2.64. The van der Waals surface area contributed by atoms with Crippen molar-refractivity contribution in [3.63, 3.8) is 0 Å². The highest BCUT2D eigenvalue weighted by Crippen LogP contribution is 2.04. The molecule has 2 heteroatoms. The zero-order valence-corrected chi connectivity index (χ0v) is 4.41. The highest BCUT2D eigenvalue weighted by atomic mass is 15.2. The van der Waals surface area contributed by atoms with Crippen molar-refractivity contribution in [2.45, 2.75) is 0 Å². The summed E-state index contributed by atoms with van der Waals surface area (Å²) in [5, 5.41) is 0. The van der Waals surface area contributed by atoms with Crippen LogP contribution in [0.2, 0.25) is 0 Å². The molecule has 0 N–H and O–H groups in total. The van der Waals surface area contributed by atoms with E-state index in [2.05, 4.69) is 16.0 Å². The summed E-state index contributed by atoms with van der Waals surface area (Å²) in [6, 6.07) is 0. The first-order chi connectivity index (χ1) is 3.97. The van der Waals surface area contributed by atoms with Crippen LogP contribution in [0.15, 0.2) is 24.6 Å². The predicted molar refractivity (Wildman–Crippen MR) is 32.1 cm³/mol. The summed E-state index contributed by atoms with van der Waals surface area (Å²) in [7, 11) is 0. The standard InChI is InChI=1S/C6H6N2/c1-2-6-7-3-5-8(6)4-1/h1-3,5H,4H2/q+1. The minimum absolute atomic E-state index is 0.995. The Labute approximate surface area is 47.8 Å². The van der Waals surface area contributed by atoms with Crippen LogP contribution in [0.4, 0.5) is 0 Å². The maximum atomic E-state index is 4.07. The summed E-state index contributed by atoms with van der Waals surface area (Å²) >= 11 is 0. The molecule has 2 heterocycles. The minimum Gasteiger partial charge on any atom is -0.224 e. The summed E-state index contributed by atoms with van der Waals surface area (Å²) < 4.78 is 0. The van der Waals surface area contributed by atoms with Gasteiger partial charge in [-0.2, -0.15) is 0 Å². The summed E-state index contributed by atoms with van der Waals surface area (Å²) in [4.78, 5) is 6.17. The van der Waals surface area contributed by atoms with Crippen LogP contribution < -0.4 is 4.99 Å². The zero-order valence-electron chi connectivity index (χ0n) is 4.41. The lowest BCUT2D eigenvalue weighted by Gasteiger charge is -1.93. The van der Waals surface area contributed by atoms with E-state index >= 15 is 0 Å². The largest absolute Gasteiger partial charge is 0.323 e. The van der Waals surface area contributed by atoms with Crippen molar-refractivity contribution < 1.29 is 0 Å². The number of amidine groups is 1. The van der Waals surface area contributed by atoms with Crippen molar-refractivity contribution >= 4 is 5.84 Å². The zero-order chi connectivity index (χ0) is 5.40. The van der Waals surface area contributed by atoms with Gasteiger partial charge < -0.3 is 0 Å². The molecule has 0 aromatic heterocycles. The van der Waals surface area contributed by atoms with Gasteiger partial charge in [-0.25, -0.2) is 4.90 Å². The van der Waals surface area contributed by atoms with Crippen LogP contribution in [-0.2, 0) is 0 Å². The lowest BCUT2D eigenvalue weighted by atomic mass is 10.6. The third kappa shape index (κ3) is 0.346. The molecule has 0 fully saturated rings. The second-order valence-electron chi connectivity index (χ2n) is 1.84. The van der Waals surface area contributed by atoms with Gasteiger partial charge in [0.05, 0.1) is 0 Å². The van der Waals surface area contributed by atoms with Crippen LogP contribution in [-0.4, -0.2) is 17.3 Å². The van der Waals surface area contributed by atoms with Crippen molar-refractivity contribution in [2.75, 3.05) is 6.54 Å². The van der Waals surface area contributed by atoms with Crippen LogP contribution >= 0.6 is 0 Å². The molecule has 2 nitrogen and oxygen atoms in total. The van der Waals surface area contributed by atoms with Crippen molar-refractivity contribution in [3.8, 4) is 0 Å². The molecule has 8 heavy (non-hydrogen) atoms. The van der Waals surface area contributed by atoms with Gasteiger partial charge in [0.2, 0.25) is 0 Å². The van der Waals surface area contributed by atoms with Gasteiger partial charge in [0.15, 0.2) is 6.20 Å². The molecule has 0 amide bonds. The average molecular weight is 106 g/mol. The van der Waals surface area contributed by atoms with E-state index < -0.39 is 0 Å². The van der Waals surface area contributed by atoms with Gasteiger partial charge in [-0.3, -0.25) is 0 Å². The lowest BCUT2D eigenvalue weighted by Crippen LogP contribution is -2.16. The molecule has 0 saturated heterocycles. The topological polar surface area (TPSA) is 17.3 Å². The van der Waals surface area contributed by atoms with Gasteiger partial charge in [-0.05, 0) is 11.1 Å². The third-order valence-electron chi connectivity index (χ3n) is 1.32. The monoisotopic (exact) mass is 106 g/mol. The lowest BCUT2D eigenvalue weighted by molar-refractivity contribution is 0.656. The third-order valence-corrected chi connectivity index (χ3v) is 1.32. The van der Waals surface area contributed by atoms with Gasteiger partial charge in [-0.1, -0.05) is 0 Å². The molecule has 2 rings (SSSR count). The molecule has 0 saturated carbocycles. The van der Waals surface area contributed by atoms with Gasteiger partial charge in [0, 0.05) is 6.08 Å². The Morgan fingerprint density at radius 3 is 3.50 bits per heavy atom. The molecule has 0 aromatic rings. The highest BCUT2D eigenvalue weighted by molar-refractivity contribution is 5.96. The Bertz CT molecular complexity index is 189. The van der Waals surface area contributed by atoms with Crippen molar-refractivity contribution in [2.24, 2.45) is 0 Å². The van der Waals surface area contributed by atoms with Crippen LogP contribution in [0, 0.1) is 0 Å². The first kappa shape index (κ1) is 3.89. The fourth-order valence-corrected chi connectivity index (χ4v) is 0.906. The maximum absolute atomic E-state index is 4.07. The molecule has 0 spiro atoms. The van der Waals surface area contributed by atoms with E-state index in [4.69, 9.17) is 0 Å². The molecule has 0 atom stereocenters. The summed E-state index contributed by atoms with van der Waals surface area (Å²) in [5.41, 5.74) is 0. The van der Waals surface area contributed by atoms with E-state index in [1.807, 2.05) is 18.5 Å². The van der Waals surface area contributed by atoms with Crippen molar-refractivity contribution in [1.29, 1.82) is 0 Å². The number of hydrogen-bond acceptors (Lipinski definition) is 2. The molecule has 1 radical (unpaired) electrons. The normalized spacial score (nSPS) is 22.0. The summed E-state index contributed by atoms with van der Waals surface area (Å²) in [6.45, 7) is 0.995. The van der Waals surface area contributed by atoms with Crippen molar-refractivity contribution in [3.05, 3.63) is 24.6 Å². The van der Waals surface area contributed by atoms with E-state index in [1.165, 1.54) is 0 Å². The second-order valence-corrected chi connectivity index (χ2v) is 1.84. The Morgan fingerprint density at radius 2 is 2.62 bits per heavy atom. The van der Waals surface area contributed by atoms with Crippen LogP contribution in [0.1, 0.15) is 0 Å². The molecule has 2 aliphatic rings. The second kappa shape index (κ2) is 1.22. The van der Waals surface area contributed by atoms with Crippen LogP contribution in [0.3, 0.4) is 0 Å². The molecule has 2 aliphatic heterocycles. The quantitative estimate of drug-likeness (QED) is 0.427. The van der Waals surface area contributed by atoms with Gasteiger partial charge >= 0.3 is 5.84 Å². The molecule has 0 unspecified atom stereocenters. The fourth-order valence-electron chi connectivity index (χ4n) is 0.906. The predicted octanol–water partition coefficient (Wildman–Crippen LogP) is 0.0773. The van der Waals surface area contributed by atoms with Gasteiger partial charge in [-0.15, -0.1) is 0 Å². The summed E-state index contributed by atoms with van der Waals surface area (Å²) in [5.74, 6) is 1.07. The Balaban J connectivity index is 2.39. The molecular weight excluding hydrogens is 100 g/mol. The van der Waals surface area contributed by atoms with E-state index in [1.54, 1.807) is 0 Å². The Morgan fingerprint density at radius 1 is 1.62 bits per heavy atom. The number of hydrogen-bond donors (Lipinski definition) is 0. The molecule has 39 valence electrons. The van der Waals surface area contributed by atoms with E-state index in [0.29, 0.717) is 0 Å². The highest BCUT2D eigenvalue weighted by Gasteiger charge is 2.23. The maximum Gasteiger partial charge on any atom is 0.323 e. The number of fused-ring (bicyclic) bond motifs is 1. The Hall–Kier alpha value is -1.05. The molecule has 0 aliphatic carbocycles. The van der Waals surface area contributed by atoms with Gasteiger partial charge in [0.1, 0.15) is 12.7 Å².